The highest BCUT2D eigenvalue weighted by Crippen LogP contribution is 2.43. The predicted molar refractivity (Wildman–Crippen MR) is 252 cm³/mol. The van der Waals surface area contributed by atoms with Crippen LogP contribution in [0.2, 0.25) is 0 Å². The Bertz CT molecular complexity index is 3860. The van der Waals surface area contributed by atoms with Crippen molar-refractivity contribution in [2.75, 3.05) is 0 Å². The number of nitrogens with zero attached hydrogens (tertiary/aromatic N) is 4. The summed E-state index contributed by atoms with van der Waals surface area (Å²) in [7, 11) is 0. The number of hydrogen-bond donors (Lipinski definition) is 0. The molecule has 9 aromatic carbocycles. The minimum atomic E-state index is 0.698. The first-order valence-electron chi connectivity index (χ1n) is 20.7. The van der Waals surface area contributed by atoms with Gasteiger partial charge in [-0.15, -0.1) is 0 Å². The molecule has 0 aliphatic rings. The van der Waals surface area contributed by atoms with E-state index in [1.54, 1.807) is 0 Å². The fourth-order valence-electron chi connectivity index (χ4n) is 9.53. The summed E-state index contributed by atoms with van der Waals surface area (Å²) in [6, 6.07) is 73.1. The Balaban J connectivity index is 0.996. The summed E-state index contributed by atoms with van der Waals surface area (Å²) < 4.78 is 11.5. The molecule has 0 atom stereocenters. The predicted octanol–water partition coefficient (Wildman–Crippen LogP) is 14.7. The van der Waals surface area contributed by atoms with Crippen molar-refractivity contribution in [2.45, 2.75) is 0 Å². The molecule has 5 nitrogen and oxygen atoms in total. The fourth-order valence-corrected chi connectivity index (χ4v) is 9.53. The molecule has 13 aromatic rings. The lowest BCUT2D eigenvalue weighted by Gasteiger charge is -2.11. The zero-order chi connectivity index (χ0) is 40.0. The van der Waals surface area contributed by atoms with Gasteiger partial charge in [0, 0.05) is 54.8 Å². The van der Waals surface area contributed by atoms with E-state index in [0.29, 0.717) is 5.82 Å². The molecular formula is C56H34N4O. The van der Waals surface area contributed by atoms with Gasteiger partial charge < -0.3 is 13.6 Å². The monoisotopic (exact) mass is 778 g/mol. The molecule has 0 N–H and O–H groups in total. The Morgan fingerprint density at radius 1 is 0.344 bits per heavy atom. The van der Waals surface area contributed by atoms with Gasteiger partial charge in [-0.25, -0.2) is 9.97 Å². The van der Waals surface area contributed by atoms with Crippen LogP contribution in [-0.4, -0.2) is 19.1 Å². The van der Waals surface area contributed by atoms with E-state index in [1.165, 1.54) is 21.8 Å². The molecule has 0 spiro atoms. The second-order valence-electron chi connectivity index (χ2n) is 15.7. The molecule has 0 amide bonds. The van der Waals surface area contributed by atoms with E-state index in [9.17, 15) is 0 Å². The summed E-state index contributed by atoms with van der Waals surface area (Å²) >= 11 is 0. The van der Waals surface area contributed by atoms with Crippen LogP contribution in [0.5, 0.6) is 0 Å². The normalized spacial score (nSPS) is 11.9. The van der Waals surface area contributed by atoms with E-state index in [-0.39, 0.29) is 0 Å². The maximum Gasteiger partial charge on any atom is 0.160 e. The van der Waals surface area contributed by atoms with Crippen LogP contribution < -0.4 is 0 Å². The van der Waals surface area contributed by atoms with Crippen LogP contribution in [-0.2, 0) is 0 Å². The van der Waals surface area contributed by atoms with Crippen molar-refractivity contribution in [3.05, 3.63) is 206 Å². The summed E-state index contributed by atoms with van der Waals surface area (Å²) in [6.07, 6.45) is 0. The van der Waals surface area contributed by atoms with Crippen molar-refractivity contribution >= 4 is 76.5 Å². The van der Waals surface area contributed by atoms with Crippen molar-refractivity contribution in [2.24, 2.45) is 0 Å². The van der Waals surface area contributed by atoms with E-state index in [0.717, 1.165) is 94.0 Å². The topological polar surface area (TPSA) is 48.8 Å². The molecule has 0 saturated heterocycles. The smallest absolute Gasteiger partial charge is 0.160 e. The lowest BCUT2D eigenvalue weighted by atomic mass is 10.00. The van der Waals surface area contributed by atoms with Crippen molar-refractivity contribution in [1.82, 2.24) is 19.1 Å². The molecule has 0 bridgehead atoms. The van der Waals surface area contributed by atoms with Crippen LogP contribution in [0.3, 0.4) is 0 Å². The Kier molecular flexibility index (Phi) is 7.24. The van der Waals surface area contributed by atoms with Gasteiger partial charge in [-0.05, 0) is 102 Å². The van der Waals surface area contributed by atoms with Crippen LogP contribution in [0.25, 0.3) is 122 Å². The van der Waals surface area contributed by atoms with E-state index in [1.807, 2.05) is 24.3 Å². The van der Waals surface area contributed by atoms with Crippen molar-refractivity contribution in [1.29, 1.82) is 0 Å². The molecular weight excluding hydrogens is 745 g/mol. The van der Waals surface area contributed by atoms with Crippen LogP contribution in [0, 0.1) is 0 Å². The molecule has 0 fully saturated rings. The summed E-state index contributed by atoms with van der Waals surface area (Å²) in [5.41, 5.74) is 14.7. The molecule has 13 rings (SSSR count). The van der Waals surface area contributed by atoms with Gasteiger partial charge in [0.2, 0.25) is 0 Å². The zero-order valence-electron chi connectivity index (χ0n) is 32.8. The molecule has 284 valence electrons. The van der Waals surface area contributed by atoms with E-state index in [2.05, 4.69) is 191 Å². The van der Waals surface area contributed by atoms with Gasteiger partial charge in [0.25, 0.3) is 0 Å². The quantitative estimate of drug-likeness (QED) is 0.175. The number of hydrogen-bond acceptors (Lipinski definition) is 3. The third kappa shape index (κ3) is 5.14. The number of fused-ring (bicyclic) bond motifs is 11. The largest absolute Gasteiger partial charge is 0.455 e. The summed E-state index contributed by atoms with van der Waals surface area (Å²) in [4.78, 5) is 10.2. The second-order valence-corrected chi connectivity index (χ2v) is 15.7. The second kappa shape index (κ2) is 13.1. The lowest BCUT2D eigenvalue weighted by Crippen LogP contribution is -1.97. The molecule has 0 aliphatic heterocycles. The SMILES string of the molecule is c1ccc(-c2nc(-c3ccc(-n4c5ccc(-c6ccc7c(c6)c6ccccc6n7-c6ccccc6)cc5c5c6oc7ccccc7c6ccc54)cc3)nc3ccccc23)cc1. The first-order chi connectivity index (χ1) is 30.2. The van der Waals surface area contributed by atoms with Crippen LogP contribution >= 0.6 is 0 Å². The number of benzene rings is 9. The zero-order valence-corrected chi connectivity index (χ0v) is 32.8. The van der Waals surface area contributed by atoms with Crippen molar-refractivity contribution in [3.63, 3.8) is 0 Å². The average Bonchev–Trinajstić information content (AvgIpc) is 3.99. The molecule has 0 unspecified atom stereocenters. The number of rotatable bonds is 5. The van der Waals surface area contributed by atoms with Crippen molar-refractivity contribution < 1.29 is 4.42 Å². The Labute approximate surface area is 350 Å². The molecule has 4 aromatic heterocycles. The lowest BCUT2D eigenvalue weighted by molar-refractivity contribution is 0.673. The van der Waals surface area contributed by atoms with E-state index < -0.39 is 0 Å². The van der Waals surface area contributed by atoms with Crippen molar-refractivity contribution in [3.8, 4) is 45.1 Å². The molecule has 4 heterocycles. The van der Waals surface area contributed by atoms with Crippen LogP contribution in [0.1, 0.15) is 0 Å². The Hall–Kier alpha value is -8.28. The van der Waals surface area contributed by atoms with Crippen LogP contribution in [0.15, 0.2) is 211 Å². The van der Waals surface area contributed by atoms with Gasteiger partial charge in [-0.3, -0.25) is 0 Å². The molecule has 61 heavy (non-hydrogen) atoms. The van der Waals surface area contributed by atoms with Gasteiger partial charge in [0.05, 0.1) is 38.7 Å². The minimum Gasteiger partial charge on any atom is -0.455 e. The highest BCUT2D eigenvalue weighted by atomic mass is 16.3. The third-order valence-corrected chi connectivity index (χ3v) is 12.3. The van der Waals surface area contributed by atoms with Gasteiger partial charge in [-0.1, -0.05) is 115 Å². The molecule has 0 saturated carbocycles. The summed E-state index contributed by atoms with van der Waals surface area (Å²) in [5.74, 6) is 0.698. The first-order valence-corrected chi connectivity index (χ1v) is 20.7. The Morgan fingerprint density at radius 3 is 1.72 bits per heavy atom. The number of aromatic nitrogens is 4. The van der Waals surface area contributed by atoms with Gasteiger partial charge in [-0.2, -0.15) is 0 Å². The van der Waals surface area contributed by atoms with Crippen LogP contribution in [0.4, 0.5) is 0 Å². The molecule has 5 heteroatoms. The molecule has 0 radical (unpaired) electrons. The number of para-hydroxylation sites is 4. The summed E-state index contributed by atoms with van der Waals surface area (Å²) in [6.45, 7) is 0. The van der Waals surface area contributed by atoms with Gasteiger partial charge in [0.15, 0.2) is 5.82 Å². The maximum atomic E-state index is 6.75. The third-order valence-electron chi connectivity index (χ3n) is 12.3. The first kappa shape index (κ1) is 33.7. The fraction of sp³-hybridized carbons (Fsp3) is 0. The Morgan fingerprint density at radius 2 is 0.918 bits per heavy atom. The highest BCUT2D eigenvalue weighted by molar-refractivity contribution is 6.24. The van der Waals surface area contributed by atoms with E-state index in [4.69, 9.17) is 14.4 Å². The molecule has 0 aliphatic carbocycles. The van der Waals surface area contributed by atoms with Gasteiger partial charge >= 0.3 is 0 Å². The minimum absolute atomic E-state index is 0.698. The number of furan rings is 1. The summed E-state index contributed by atoms with van der Waals surface area (Å²) in [5, 5.41) is 7.96. The standard InChI is InChI=1S/C56H34N4O/c1-3-13-35(14-4-1)54-44-19-7-10-20-47(44)57-56(58-54)36-23-27-40(28-24-36)60-50-31-26-38(34-46(50)53-51(60)32-29-43-42-18-9-12-22-52(42)61-55(43)53)37-25-30-49-45(33-37)41-17-8-11-21-48(41)59(49)39-15-5-2-6-16-39/h1-34H. The van der Waals surface area contributed by atoms with E-state index >= 15 is 0 Å². The maximum absolute atomic E-state index is 6.75. The average molecular weight is 779 g/mol. The van der Waals surface area contributed by atoms with Gasteiger partial charge in [0.1, 0.15) is 11.2 Å². The highest BCUT2D eigenvalue weighted by Gasteiger charge is 2.21.